The maximum atomic E-state index is 14.1. The van der Waals surface area contributed by atoms with Gasteiger partial charge in [0.1, 0.15) is 48.3 Å². The van der Waals surface area contributed by atoms with Crippen molar-refractivity contribution in [2.24, 2.45) is 0 Å². The molecule has 1 aliphatic carbocycles. The molecular weight excluding hydrogens is 752 g/mol. The first-order valence-electron chi connectivity index (χ1n) is 18.7. The van der Waals surface area contributed by atoms with Crippen molar-refractivity contribution in [2.75, 3.05) is 13.2 Å². The predicted molar refractivity (Wildman–Crippen MR) is 209 cm³/mol. The number of aliphatic carboxylic acids is 1. The Morgan fingerprint density at radius 2 is 1.38 bits per heavy atom. The number of esters is 1. The number of carbonyl (C=O) groups is 7. The van der Waals surface area contributed by atoms with Crippen LogP contribution in [0.3, 0.4) is 0 Å². The number of ether oxygens (including phenoxy) is 3. The lowest BCUT2D eigenvalue weighted by Crippen LogP contribution is -2.62. The van der Waals surface area contributed by atoms with Crippen LogP contribution in [0.4, 0.5) is 9.59 Å². The van der Waals surface area contributed by atoms with Gasteiger partial charge in [0.25, 0.3) is 0 Å². The first-order chi connectivity index (χ1) is 27.0. The van der Waals surface area contributed by atoms with Crippen LogP contribution in [-0.2, 0) is 44.6 Å². The number of rotatable bonds is 15. The molecule has 0 saturated carbocycles. The van der Waals surface area contributed by atoms with Gasteiger partial charge in [0.15, 0.2) is 0 Å². The van der Waals surface area contributed by atoms with E-state index in [1.807, 2.05) is 48.5 Å². The second kappa shape index (κ2) is 18.3. The molecule has 0 bridgehead atoms. The molecule has 312 valence electrons. The largest absolute Gasteiger partial charge is 0.480 e. The summed E-state index contributed by atoms with van der Waals surface area (Å²) in [6, 6.07) is 12.7. The molecule has 5 N–H and O–H groups in total. The van der Waals surface area contributed by atoms with Gasteiger partial charge in [0.05, 0.1) is 5.69 Å². The smallest absolute Gasteiger partial charge is 0.420 e. The van der Waals surface area contributed by atoms with Gasteiger partial charge in [-0.3, -0.25) is 24.0 Å². The second-order valence-electron chi connectivity index (χ2n) is 16.3. The number of nitrogens with one attached hydrogen (secondary N) is 4. The lowest BCUT2D eigenvalue weighted by atomic mass is 9.98. The van der Waals surface area contributed by atoms with Crippen molar-refractivity contribution in [1.29, 1.82) is 0 Å². The average Bonchev–Trinajstić information content (AvgIpc) is 3.72. The minimum Gasteiger partial charge on any atom is -0.480 e. The van der Waals surface area contributed by atoms with Crippen LogP contribution in [-0.4, -0.2) is 98.5 Å². The van der Waals surface area contributed by atoms with Crippen molar-refractivity contribution in [3.8, 4) is 11.1 Å². The van der Waals surface area contributed by atoms with Crippen molar-refractivity contribution in [1.82, 2.24) is 30.8 Å². The fourth-order valence-electron chi connectivity index (χ4n) is 6.15. The molecule has 4 amide bonds. The third-order valence-electron chi connectivity index (χ3n) is 8.77. The summed E-state index contributed by atoms with van der Waals surface area (Å²) in [7, 11) is 0. The number of fused-ring (bicyclic) bond motifs is 3. The number of hydrogen-bond donors (Lipinski definition) is 5. The molecule has 0 aliphatic heterocycles. The molecule has 0 fully saturated rings. The van der Waals surface area contributed by atoms with Gasteiger partial charge in [-0.25, -0.2) is 19.1 Å². The highest BCUT2D eigenvalue weighted by molar-refractivity contribution is 5.96. The van der Waals surface area contributed by atoms with E-state index in [1.54, 1.807) is 41.5 Å². The first-order valence-corrected chi connectivity index (χ1v) is 18.7. The topological polar surface area (TPSA) is 233 Å². The van der Waals surface area contributed by atoms with E-state index in [-0.39, 0.29) is 37.5 Å². The number of benzene rings is 2. The standard InChI is InChI=1S/C41H52N6O11/c1-39(2,3)57-33(50)18-17-30(34(51)43-21-32(48)49)44-36(53)41(7,8)46-35(52)31(19-24-20-42-23-47(24)38(55)58-40(4,5)6)45-37(54)56-22-29-27-15-11-9-13-25(27)26-14-10-12-16-28(26)29/h9-16,20,23,29-31H,17-19,21-22H2,1-8H3,(H,43,51)(H,44,53)(H,45,54)(H,46,52)(H,48,49)/t30-,31-/m0/s1. The number of alkyl carbamates (subject to hydrolysis) is 1. The number of carboxylic acids is 1. The molecular formula is C41H52N6O11. The molecule has 3 aromatic rings. The maximum Gasteiger partial charge on any atom is 0.420 e. The number of aromatic nitrogens is 2. The van der Waals surface area contributed by atoms with E-state index in [0.29, 0.717) is 0 Å². The highest BCUT2D eigenvalue weighted by Crippen LogP contribution is 2.44. The van der Waals surface area contributed by atoms with Crippen molar-refractivity contribution in [3.63, 3.8) is 0 Å². The molecule has 17 nitrogen and oxygen atoms in total. The Kier molecular flexibility index (Phi) is 14.1. The van der Waals surface area contributed by atoms with Gasteiger partial charge in [-0.1, -0.05) is 48.5 Å². The van der Waals surface area contributed by atoms with E-state index in [9.17, 15) is 33.6 Å². The SMILES string of the molecule is CC(C)(C)OC(=O)CC[C@H](NC(=O)C(C)(C)NC(=O)[C@H](Cc1cncn1C(=O)OC(C)(C)C)NC(=O)OCC1c2ccccc2-c2ccccc21)C(=O)NCC(=O)O. The molecule has 0 spiro atoms. The molecule has 2 aromatic carbocycles. The first kappa shape index (κ1) is 44.5. The number of nitrogens with zero attached hydrogens (tertiary/aromatic N) is 2. The van der Waals surface area contributed by atoms with Crippen LogP contribution in [0, 0.1) is 0 Å². The number of carbonyl (C=O) groups excluding carboxylic acids is 6. The van der Waals surface area contributed by atoms with E-state index in [0.717, 1.165) is 26.8 Å². The quantitative estimate of drug-likeness (QED) is 0.109. The highest BCUT2D eigenvalue weighted by atomic mass is 16.6. The lowest BCUT2D eigenvalue weighted by Gasteiger charge is -2.30. The van der Waals surface area contributed by atoms with E-state index in [1.165, 1.54) is 26.4 Å². The summed E-state index contributed by atoms with van der Waals surface area (Å²) in [6.07, 6.45) is -0.0571. The highest BCUT2D eigenvalue weighted by Gasteiger charge is 2.37. The molecule has 4 rings (SSSR count). The Labute approximate surface area is 336 Å². The zero-order valence-corrected chi connectivity index (χ0v) is 34.0. The molecule has 0 radical (unpaired) electrons. The predicted octanol–water partition coefficient (Wildman–Crippen LogP) is 3.82. The van der Waals surface area contributed by atoms with Crippen LogP contribution in [0.25, 0.3) is 11.1 Å². The summed E-state index contributed by atoms with van der Waals surface area (Å²) < 4.78 is 17.6. The van der Waals surface area contributed by atoms with Crippen LogP contribution in [0.1, 0.15) is 91.0 Å². The van der Waals surface area contributed by atoms with Gasteiger partial charge < -0.3 is 40.6 Å². The van der Waals surface area contributed by atoms with Gasteiger partial charge in [-0.05, 0) is 84.1 Å². The summed E-state index contributed by atoms with van der Waals surface area (Å²) in [5.41, 5.74) is 0.735. The molecule has 1 aromatic heterocycles. The Morgan fingerprint density at radius 1 is 0.793 bits per heavy atom. The van der Waals surface area contributed by atoms with Gasteiger partial charge in [-0.2, -0.15) is 0 Å². The van der Waals surface area contributed by atoms with Gasteiger partial charge in [-0.15, -0.1) is 0 Å². The Balaban J connectivity index is 1.53. The molecule has 0 saturated heterocycles. The van der Waals surface area contributed by atoms with Crippen molar-refractivity contribution in [2.45, 2.75) is 109 Å². The summed E-state index contributed by atoms with van der Waals surface area (Å²) >= 11 is 0. The molecule has 2 atom stereocenters. The van der Waals surface area contributed by atoms with E-state index < -0.39 is 77.2 Å². The Morgan fingerprint density at radius 3 is 1.95 bits per heavy atom. The molecule has 0 unspecified atom stereocenters. The zero-order valence-electron chi connectivity index (χ0n) is 34.0. The average molecular weight is 805 g/mol. The number of hydrogen-bond acceptors (Lipinski definition) is 11. The van der Waals surface area contributed by atoms with Crippen molar-refractivity contribution in [3.05, 3.63) is 77.9 Å². The zero-order chi connectivity index (χ0) is 43.0. The second-order valence-corrected chi connectivity index (χ2v) is 16.3. The number of imidazole rings is 1. The Bertz CT molecular complexity index is 1980. The summed E-state index contributed by atoms with van der Waals surface area (Å²) in [4.78, 5) is 94.8. The normalized spacial score (nSPS) is 13.5. The van der Waals surface area contributed by atoms with Crippen LogP contribution >= 0.6 is 0 Å². The van der Waals surface area contributed by atoms with Crippen LogP contribution in [0.5, 0.6) is 0 Å². The fraction of sp³-hybridized carbons (Fsp3) is 0.463. The van der Waals surface area contributed by atoms with E-state index in [4.69, 9.17) is 19.3 Å². The van der Waals surface area contributed by atoms with Gasteiger partial charge in [0.2, 0.25) is 17.7 Å². The molecule has 58 heavy (non-hydrogen) atoms. The van der Waals surface area contributed by atoms with Crippen LogP contribution in [0.2, 0.25) is 0 Å². The molecule has 1 heterocycles. The monoisotopic (exact) mass is 804 g/mol. The lowest BCUT2D eigenvalue weighted by molar-refractivity contribution is -0.155. The minimum atomic E-state index is -1.76. The van der Waals surface area contributed by atoms with Crippen molar-refractivity contribution < 1.29 is 52.9 Å². The van der Waals surface area contributed by atoms with Crippen LogP contribution < -0.4 is 21.3 Å². The molecule has 17 heteroatoms. The van der Waals surface area contributed by atoms with Crippen LogP contribution in [0.15, 0.2) is 61.1 Å². The Hall–Kier alpha value is -6.26. The van der Waals surface area contributed by atoms with Crippen molar-refractivity contribution >= 4 is 41.8 Å². The molecule has 1 aliphatic rings. The minimum absolute atomic E-state index is 0.0629. The van der Waals surface area contributed by atoms with E-state index >= 15 is 0 Å². The third-order valence-corrected chi connectivity index (χ3v) is 8.77. The third kappa shape index (κ3) is 12.4. The van der Waals surface area contributed by atoms with Gasteiger partial charge >= 0.3 is 24.1 Å². The fourth-order valence-corrected chi connectivity index (χ4v) is 6.15. The number of amides is 4. The maximum absolute atomic E-state index is 14.1. The summed E-state index contributed by atoms with van der Waals surface area (Å²) in [5, 5.41) is 18.9. The van der Waals surface area contributed by atoms with Gasteiger partial charge in [0, 0.05) is 25.0 Å². The van der Waals surface area contributed by atoms with E-state index in [2.05, 4.69) is 26.3 Å². The summed E-state index contributed by atoms with van der Waals surface area (Å²) in [6.45, 7) is 11.9. The number of carboxylic acid groups (broad SMARTS) is 1. The summed E-state index contributed by atoms with van der Waals surface area (Å²) in [5.74, 6) is -4.89.